The molecule has 2 aromatic heterocycles. The molecule has 0 aliphatic carbocycles. The van der Waals surface area contributed by atoms with Gasteiger partial charge in [0.1, 0.15) is 11.6 Å². The molecule has 1 amide bonds. The van der Waals surface area contributed by atoms with E-state index in [1.54, 1.807) is 6.20 Å². The van der Waals surface area contributed by atoms with E-state index < -0.39 is 0 Å². The average Bonchev–Trinajstić information content (AvgIpc) is 3.16. The first kappa shape index (κ1) is 21.5. The van der Waals surface area contributed by atoms with Crippen molar-refractivity contribution in [2.75, 3.05) is 57.3 Å². The number of nitrogens with zero attached hydrogens (tertiary/aromatic N) is 6. The Morgan fingerprint density at radius 2 is 1.79 bits per heavy atom. The van der Waals surface area contributed by atoms with E-state index in [-0.39, 0.29) is 17.6 Å². The van der Waals surface area contributed by atoms with Gasteiger partial charge in [-0.1, -0.05) is 12.1 Å². The van der Waals surface area contributed by atoms with E-state index in [9.17, 15) is 9.18 Å². The fourth-order valence-corrected chi connectivity index (χ4v) is 5.38. The molecule has 0 spiro atoms. The number of fused-ring (bicyclic) bond motifs is 2. The van der Waals surface area contributed by atoms with Crippen molar-refractivity contribution in [1.82, 2.24) is 29.7 Å². The van der Waals surface area contributed by atoms with Gasteiger partial charge in [0, 0.05) is 70.4 Å². The SMILES string of the molecule is O=C(C1CN(c2c3c(nc4ccnn24)CCNCC3)C1)N1CCN(Cc2ccc(F)cc2)CC1. The normalized spacial score (nSPS) is 19.7. The second kappa shape index (κ2) is 8.96. The standard InChI is InChI=1S/C25H30FN7O/c26-20-3-1-18(2-4-20)15-30-11-13-31(14-12-30)25(34)19-16-32(17-19)24-21-5-8-27-9-6-22(21)29-23-7-10-28-33(23)24/h1-4,7,10,19,27H,5-6,8-9,11-17H2. The van der Waals surface area contributed by atoms with E-state index in [1.165, 1.54) is 17.7 Å². The molecule has 0 unspecified atom stereocenters. The topological polar surface area (TPSA) is 69.0 Å². The van der Waals surface area contributed by atoms with Crippen LogP contribution in [0.25, 0.3) is 5.65 Å². The predicted molar refractivity (Wildman–Crippen MR) is 127 cm³/mol. The first-order chi connectivity index (χ1) is 16.7. The summed E-state index contributed by atoms with van der Waals surface area (Å²) in [4.78, 5) is 24.7. The molecule has 1 N–H and O–H groups in total. The summed E-state index contributed by atoms with van der Waals surface area (Å²) in [6.45, 7) is 7.32. The number of hydrogen-bond donors (Lipinski definition) is 1. The molecular formula is C25H30FN7O. The van der Waals surface area contributed by atoms with Crippen molar-refractivity contribution in [3.05, 3.63) is 59.2 Å². The molecule has 178 valence electrons. The highest BCUT2D eigenvalue weighted by Crippen LogP contribution is 2.32. The zero-order valence-corrected chi connectivity index (χ0v) is 19.3. The third-order valence-electron chi connectivity index (χ3n) is 7.32. The van der Waals surface area contributed by atoms with E-state index in [4.69, 9.17) is 4.98 Å². The number of amides is 1. The number of carbonyl (C=O) groups is 1. The van der Waals surface area contributed by atoms with Crippen LogP contribution >= 0.6 is 0 Å². The summed E-state index contributed by atoms with van der Waals surface area (Å²) >= 11 is 0. The molecule has 2 saturated heterocycles. The van der Waals surface area contributed by atoms with Gasteiger partial charge < -0.3 is 15.1 Å². The molecule has 2 fully saturated rings. The number of nitrogens with one attached hydrogen (secondary N) is 1. The van der Waals surface area contributed by atoms with Crippen molar-refractivity contribution in [1.29, 1.82) is 0 Å². The van der Waals surface area contributed by atoms with E-state index in [1.807, 2.05) is 27.6 Å². The molecule has 3 aromatic rings. The maximum absolute atomic E-state index is 13.2. The van der Waals surface area contributed by atoms with Gasteiger partial charge in [-0.2, -0.15) is 9.61 Å². The number of benzene rings is 1. The number of piperazine rings is 1. The highest BCUT2D eigenvalue weighted by Gasteiger charge is 2.39. The summed E-state index contributed by atoms with van der Waals surface area (Å²) in [5.74, 6) is 1.20. The molecule has 9 heteroatoms. The lowest BCUT2D eigenvalue weighted by atomic mass is 9.96. The summed E-state index contributed by atoms with van der Waals surface area (Å²) < 4.78 is 15.1. The van der Waals surface area contributed by atoms with Crippen LogP contribution in [0.4, 0.5) is 10.2 Å². The van der Waals surface area contributed by atoms with Gasteiger partial charge in [-0.05, 0) is 30.7 Å². The minimum Gasteiger partial charge on any atom is -0.354 e. The van der Waals surface area contributed by atoms with Gasteiger partial charge in [-0.25, -0.2) is 9.37 Å². The first-order valence-electron chi connectivity index (χ1n) is 12.2. The van der Waals surface area contributed by atoms with Crippen LogP contribution in [0.15, 0.2) is 36.5 Å². The quantitative estimate of drug-likeness (QED) is 0.630. The zero-order valence-electron chi connectivity index (χ0n) is 19.3. The number of anilines is 1. The summed E-state index contributed by atoms with van der Waals surface area (Å²) in [6.07, 6.45) is 3.65. The second-order valence-corrected chi connectivity index (χ2v) is 9.54. The Hall–Kier alpha value is -3.04. The van der Waals surface area contributed by atoms with Crippen LogP contribution in [0.2, 0.25) is 0 Å². The van der Waals surface area contributed by atoms with Crippen LogP contribution in [-0.2, 0) is 24.2 Å². The number of carbonyl (C=O) groups excluding carboxylic acids is 1. The van der Waals surface area contributed by atoms with Crippen molar-refractivity contribution in [3.8, 4) is 0 Å². The summed E-state index contributed by atoms with van der Waals surface area (Å²) in [7, 11) is 0. The van der Waals surface area contributed by atoms with Crippen LogP contribution in [0.3, 0.4) is 0 Å². The summed E-state index contributed by atoms with van der Waals surface area (Å²) in [6, 6.07) is 8.64. The number of rotatable bonds is 4. The van der Waals surface area contributed by atoms with Crippen LogP contribution in [0.1, 0.15) is 16.8 Å². The monoisotopic (exact) mass is 463 g/mol. The van der Waals surface area contributed by atoms with Gasteiger partial charge >= 0.3 is 0 Å². The lowest BCUT2D eigenvalue weighted by Gasteiger charge is -2.44. The third-order valence-corrected chi connectivity index (χ3v) is 7.32. The van der Waals surface area contributed by atoms with Crippen LogP contribution in [0.5, 0.6) is 0 Å². The highest BCUT2D eigenvalue weighted by molar-refractivity contribution is 5.82. The van der Waals surface area contributed by atoms with Gasteiger partial charge in [0.25, 0.3) is 0 Å². The van der Waals surface area contributed by atoms with E-state index in [0.717, 1.165) is 94.5 Å². The van der Waals surface area contributed by atoms with Crippen molar-refractivity contribution in [2.24, 2.45) is 5.92 Å². The molecule has 0 bridgehead atoms. The highest BCUT2D eigenvalue weighted by atomic mass is 19.1. The maximum atomic E-state index is 13.2. The molecule has 0 saturated carbocycles. The molecule has 0 atom stereocenters. The minimum absolute atomic E-state index is 0.0296. The Morgan fingerprint density at radius 1 is 1.03 bits per heavy atom. The maximum Gasteiger partial charge on any atom is 0.229 e. The van der Waals surface area contributed by atoms with Crippen molar-refractivity contribution < 1.29 is 9.18 Å². The summed E-state index contributed by atoms with van der Waals surface area (Å²) in [5.41, 5.74) is 4.40. The molecule has 34 heavy (non-hydrogen) atoms. The van der Waals surface area contributed by atoms with Gasteiger partial charge in [0.2, 0.25) is 5.91 Å². The molecule has 1 aromatic carbocycles. The molecular weight excluding hydrogens is 433 g/mol. The van der Waals surface area contributed by atoms with Crippen LogP contribution < -0.4 is 10.2 Å². The fourth-order valence-electron chi connectivity index (χ4n) is 5.38. The lowest BCUT2D eigenvalue weighted by molar-refractivity contribution is -0.138. The second-order valence-electron chi connectivity index (χ2n) is 9.54. The Labute approximate surface area is 198 Å². The average molecular weight is 464 g/mol. The number of aromatic nitrogens is 3. The van der Waals surface area contributed by atoms with E-state index >= 15 is 0 Å². The smallest absolute Gasteiger partial charge is 0.229 e. The molecule has 3 aliphatic heterocycles. The van der Waals surface area contributed by atoms with Crippen molar-refractivity contribution >= 4 is 17.4 Å². The molecule has 6 rings (SSSR count). The van der Waals surface area contributed by atoms with Crippen molar-refractivity contribution in [3.63, 3.8) is 0 Å². The Balaban J connectivity index is 1.09. The lowest BCUT2D eigenvalue weighted by Crippen LogP contribution is -2.58. The van der Waals surface area contributed by atoms with E-state index in [2.05, 4.69) is 20.2 Å². The summed E-state index contributed by atoms with van der Waals surface area (Å²) in [5, 5.41) is 8.00. The molecule has 0 radical (unpaired) electrons. The number of halogens is 1. The van der Waals surface area contributed by atoms with Gasteiger partial charge in [0.15, 0.2) is 5.65 Å². The van der Waals surface area contributed by atoms with Gasteiger partial charge in [-0.15, -0.1) is 0 Å². The molecule has 3 aliphatic rings. The number of hydrogen-bond acceptors (Lipinski definition) is 6. The van der Waals surface area contributed by atoms with Crippen LogP contribution in [0, 0.1) is 11.7 Å². The van der Waals surface area contributed by atoms with Crippen molar-refractivity contribution in [2.45, 2.75) is 19.4 Å². The molecule has 5 heterocycles. The van der Waals surface area contributed by atoms with E-state index in [0.29, 0.717) is 0 Å². The fraction of sp³-hybridized carbons (Fsp3) is 0.480. The Kier molecular flexibility index (Phi) is 5.66. The first-order valence-corrected chi connectivity index (χ1v) is 12.2. The Morgan fingerprint density at radius 3 is 2.59 bits per heavy atom. The predicted octanol–water partition coefficient (Wildman–Crippen LogP) is 1.34. The molecule has 8 nitrogen and oxygen atoms in total. The largest absolute Gasteiger partial charge is 0.354 e. The van der Waals surface area contributed by atoms with Crippen LogP contribution in [-0.4, -0.2) is 82.7 Å². The minimum atomic E-state index is -0.207. The zero-order chi connectivity index (χ0) is 23.1. The third kappa shape index (κ3) is 4.03. The van der Waals surface area contributed by atoms with Gasteiger partial charge in [0.05, 0.1) is 17.8 Å². The Bertz CT molecular complexity index is 1180. The van der Waals surface area contributed by atoms with Gasteiger partial charge in [-0.3, -0.25) is 9.69 Å².